The van der Waals surface area contributed by atoms with E-state index in [4.69, 9.17) is 0 Å². The van der Waals surface area contributed by atoms with Crippen LogP contribution < -0.4 is 0 Å². The molecule has 19 heavy (non-hydrogen) atoms. The highest BCUT2D eigenvalue weighted by Crippen LogP contribution is 2.24. The van der Waals surface area contributed by atoms with E-state index in [-0.39, 0.29) is 24.2 Å². The molecule has 0 bridgehead atoms. The van der Waals surface area contributed by atoms with Crippen molar-refractivity contribution in [2.75, 3.05) is 6.61 Å². The van der Waals surface area contributed by atoms with Gasteiger partial charge in [0.1, 0.15) is 11.6 Å². The second-order valence-electron chi connectivity index (χ2n) is 4.42. The van der Waals surface area contributed by atoms with Crippen LogP contribution in [0.4, 0.5) is 8.78 Å². The fourth-order valence-corrected chi connectivity index (χ4v) is 2.57. The summed E-state index contributed by atoms with van der Waals surface area (Å²) in [5.74, 6) is -0.916. The van der Waals surface area contributed by atoms with Crippen LogP contribution in [0.2, 0.25) is 0 Å². The molecular weight excluding hydrogens is 314 g/mol. The zero-order chi connectivity index (χ0) is 13.8. The molecule has 1 atom stereocenters. The summed E-state index contributed by atoms with van der Waals surface area (Å²) in [6, 6.07) is 10.7. The minimum atomic E-state index is -0.337. The summed E-state index contributed by atoms with van der Waals surface area (Å²) in [7, 11) is 0. The molecule has 0 saturated heterocycles. The Labute approximate surface area is 119 Å². The molecule has 2 aromatic carbocycles. The first kappa shape index (κ1) is 14.2. The highest BCUT2D eigenvalue weighted by molar-refractivity contribution is 9.10. The Morgan fingerprint density at radius 3 is 2.47 bits per heavy atom. The monoisotopic (exact) mass is 326 g/mol. The van der Waals surface area contributed by atoms with Crippen LogP contribution >= 0.6 is 15.9 Å². The number of hydrogen-bond donors (Lipinski definition) is 1. The number of rotatable bonds is 4. The zero-order valence-corrected chi connectivity index (χ0v) is 11.7. The van der Waals surface area contributed by atoms with Gasteiger partial charge in [0.05, 0.1) is 6.61 Å². The van der Waals surface area contributed by atoms with Crippen molar-refractivity contribution in [2.24, 2.45) is 0 Å². The number of benzene rings is 2. The Hall–Kier alpha value is -1.26. The summed E-state index contributed by atoms with van der Waals surface area (Å²) in [4.78, 5) is 0. The predicted molar refractivity (Wildman–Crippen MR) is 74.0 cm³/mol. The first-order valence-electron chi connectivity index (χ1n) is 5.90. The van der Waals surface area contributed by atoms with E-state index < -0.39 is 0 Å². The Morgan fingerprint density at radius 2 is 1.84 bits per heavy atom. The van der Waals surface area contributed by atoms with Crippen LogP contribution in [-0.2, 0) is 6.42 Å². The Kier molecular flexibility index (Phi) is 4.66. The van der Waals surface area contributed by atoms with Gasteiger partial charge in [-0.25, -0.2) is 8.78 Å². The van der Waals surface area contributed by atoms with Crippen LogP contribution in [0.1, 0.15) is 17.0 Å². The molecule has 1 unspecified atom stereocenters. The van der Waals surface area contributed by atoms with Crippen molar-refractivity contribution < 1.29 is 13.9 Å². The third-order valence-electron chi connectivity index (χ3n) is 2.94. The molecule has 2 aromatic rings. The normalized spacial score (nSPS) is 12.4. The van der Waals surface area contributed by atoms with E-state index in [2.05, 4.69) is 15.9 Å². The molecule has 0 aliphatic heterocycles. The summed E-state index contributed by atoms with van der Waals surface area (Å²) in [5.41, 5.74) is 1.47. The summed E-state index contributed by atoms with van der Waals surface area (Å²) in [6.07, 6.45) is 0.455. The summed E-state index contributed by atoms with van der Waals surface area (Å²) in [6.45, 7) is -0.114. The minimum absolute atomic E-state index is 0.114. The van der Waals surface area contributed by atoms with Crippen LogP contribution in [0.25, 0.3) is 0 Å². The zero-order valence-electron chi connectivity index (χ0n) is 10.1. The largest absolute Gasteiger partial charge is 0.396 e. The summed E-state index contributed by atoms with van der Waals surface area (Å²) < 4.78 is 27.1. The molecule has 4 heteroatoms. The van der Waals surface area contributed by atoms with Crippen LogP contribution in [0.3, 0.4) is 0 Å². The molecule has 1 nitrogen and oxygen atoms in total. The van der Waals surface area contributed by atoms with E-state index in [0.29, 0.717) is 16.5 Å². The molecule has 0 saturated carbocycles. The molecule has 0 fully saturated rings. The predicted octanol–water partition coefficient (Wildman–Crippen LogP) is 4.05. The minimum Gasteiger partial charge on any atom is -0.396 e. The molecule has 0 heterocycles. The van der Waals surface area contributed by atoms with Crippen LogP contribution in [0.15, 0.2) is 46.9 Å². The lowest BCUT2D eigenvalue weighted by Gasteiger charge is -2.15. The number of halogens is 3. The van der Waals surface area contributed by atoms with Gasteiger partial charge in [-0.2, -0.15) is 0 Å². The third-order valence-corrected chi connectivity index (χ3v) is 3.40. The maximum absolute atomic E-state index is 13.3. The highest BCUT2D eigenvalue weighted by Gasteiger charge is 2.13. The van der Waals surface area contributed by atoms with Crippen molar-refractivity contribution in [1.82, 2.24) is 0 Å². The van der Waals surface area contributed by atoms with Crippen LogP contribution in [0, 0.1) is 11.6 Å². The van der Waals surface area contributed by atoms with Gasteiger partial charge in [0.15, 0.2) is 0 Å². The van der Waals surface area contributed by atoms with Gasteiger partial charge in [-0.15, -0.1) is 0 Å². The lowest BCUT2D eigenvalue weighted by Crippen LogP contribution is -2.08. The Balaban J connectivity index is 2.23. The standard InChI is InChI=1S/C15H13BrF2O/c16-13-5-10(6-15(18)8-13)4-12(9-19)11-2-1-3-14(17)7-11/h1-3,5-8,12,19H,4,9H2. The second kappa shape index (κ2) is 6.26. The molecular formula is C15H13BrF2O. The first-order valence-corrected chi connectivity index (χ1v) is 6.69. The van der Waals surface area contributed by atoms with Crippen molar-refractivity contribution >= 4 is 15.9 Å². The van der Waals surface area contributed by atoms with Gasteiger partial charge in [0, 0.05) is 10.4 Å². The van der Waals surface area contributed by atoms with E-state index in [0.717, 1.165) is 5.56 Å². The molecule has 0 aromatic heterocycles. The van der Waals surface area contributed by atoms with E-state index in [1.54, 1.807) is 18.2 Å². The van der Waals surface area contributed by atoms with Gasteiger partial charge < -0.3 is 5.11 Å². The van der Waals surface area contributed by atoms with Gasteiger partial charge in [0.2, 0.25) is 0 Å². The van der Waals surface area contributed by atoms with Crippen molar-refractivity contribution in [3.8, 4) is 0 Å². The fourth-order valence-electron chi connectivity index (χ4n) is 2.06. The summed E-state index contributed by atoms with van der Waals surface area (Å²) >= 11 is 3.23. The van der Waals surface area contributed by atoms with Gasteiger partial charge in [-0.3, -0.25) is 0 Å². The molecule has 100 valence electrons. The maximum Gasteiger partial charge on any atom is 0.124 e. The highest BCUT2D eigenvalue weighted by atomic mass is 79.9. The van der Waals surface area contributed by atoms with E-state index in [1.165, 1.54) is 24.3 Å². The molecule has 0 spiro atoms. The van der Waals surface area contributed by atoms with Crippen molar-refractivity contribution in [3.05, 3.63) is 69.7 Å². The topological polar surface area (TPSA) is 20.2 Å². The SMILES string of the molecule is OCC(Cc1cc(F)cc(Br)c1)c1cccc(F)c1. The average molecular weight is 327 g/mol. The molecule has 0 amide bonds. The first-order chi connectivity index (χ1) is 9.08. The third kappa shape index (κ3) is 3.85. The number of aliphatic hydroxyl groups is 1. The lowest BCUT2D eigenvalue weighted by molar-refractivity contribution is 0.264. The van der Waals surface area contributed by atoms with Gasteiger partial charge in [0.25, 0.3) is 0 Å². The second-order valence-corrected chi connectivity index (χ2v) is 5.33. The number of hydrogen-bond acceptors (Lipinski definition) is 1. The van der Waals surface area contributed by atoms with Gasteiger partial charge >= 0.3 is 0 Å². The van der Waals surface area contributed by atoms with E-state index in [9.17, 15) is 13.9 Å². The van der Waals surface area contributed by atoms with E-state index >= 15 is 0 Å². The Bertz CT molecular complexity index is 552. The summed E-state index contributed by atoms with van der Waals surface area (Å²) in [5, 5.41) is 9.44. The maximum atomic E-state index is 13.3. The average Bonchev–Trinajstić information content (AvgIpc) is 2.34. The van der Waals surface area contributed by atoms with Crippen molar-refractivity contribution in [3.63, 3.8) is 0 Å². The van der Waals surface area contributed by atoms with E-state index in [1.807, 2.05) is 0 Å². The van der Waals surface area contributed by atoms with Gasteiger partial charge in [-0.1, -0.05) is 28.1 Å². The van der Waals surface area contributed by atoms with Gasteiger partial charge in [-0.05, 0) is 47.9 Å². The quantitative estimate of drug-likeness (QED) is 0.898. The van der Waals surface area contributed by atoms with Crippen molar-refractivity contribution in [1.29, 1.82) is 0 Å². The molecule has 1 N–H and O–H groups in total. The molecule has 0 aliphatic carbocycles. The molecule has 0 aliphatic rings. The lowest BCUT2D eigenvalue weighted by atomic mass is 9.92. The smallest absolute Gasteiger partial charge is 0.124 e. The van der Waals surface area contributed by atoms with Crippen LogP contribution in [-0.4, -0.2) is 11.7 Å². The fraction of sp³-hybridized carbons (Fsp3) is 0.200. The van der Waals surface area contributed by atoms with Crippen molar-refractivity contribution in [2.45, 2.75) is 12.3 Å². The molecule has 0 radical (unpaired) electrons. The van der Waals surface area contributed by atoms with Crippen LogP contribution in [0.5, 0.6) is 0 Å². The molecule has 2 rings (SSSR count). The Morgan fingerprint density at radius 1 is 1.05 bits per heavy atom. The number of aliphatic hydroxyl groups excluding tert-OH is 1.